The zero-order chi connectivity index (χ0) is 21.6. The van der Waals surface area contributed by atoms with Crippen molar-refractivity contribution < 1.29 is 23.5 Å². The molecule has 1 saturated heterocycles. The zero-order valence-electron chi connectivity index (χ0n) is 16.8. The summed E-state index contributed by atoms with van der Waals surface area (Å²) in [5.41, 5.74) is 2.00. The van der Waals surface area contributed by atoms with Crippen LogP contribution in [0.1, 0.15) is 20.9 Å². The molecule has 158 valence electrons. The molecule has 0 spiro atoms. The van der Waals surface area contributed by atoms with Crippen LogP contribution in [0.25, 0.3) is 11.1 Å². The van der Waals surface area contributed by atoms with Crippen LogP contribution >= 0.6 is 0 Å². The molecule has 8 nitrogen and oxygen atoms in total. The molecule has 1 aromatic carbocycles. The molecule has 1 aliphatic heterocycles. The van der Waals surface area contributed by atoms with E-state index < -0.39 is 5.97 Å². The number of benzene rings is 1. The molecule has 0 bridgehead atoms. The van der Waals surface area contributed by atoms with E-state index in [0.29, 0.717) is 26.2 Å². The first-order valence-corrected chi connectivity index (χ1v) is 9.90. The van der Waals surface area contributed by atoms with Crippen LogP contribution in [0.3, 0.4) is 0 Å². The van der Waals surface area contributed by atoms with Crippen molar-refractivity contribution in [2.24, 2.45) is 0 Å². The lowest BCUT2D eigenvalue weighted by Crippen LogP contribution is -2.51. The van der Waals surface area contributed by atoms with E-state index in [1.165, 1.54) is 12.5 Å². The molecule has 0 atom stereocenters. The van der Waals surface area contributed by atoms with Crippen molar-refractivity contribution in [3.05, 3.63) is 78.5 Å². The molecule has 2 aromatic heterocycles. The van der Waals surface area contributed by atoms with Gasteiger partial charge in [0.1, 0.15) is 0 Å². The normalized spacial score (nSPS) is 13.7. The summed E-state index contributed by atoms with van der Waals surface area (Å²) in [6, 6.07) is 14.5. The molecular formula is C23H21N3O5. The number of nitrogens with zero attached hydrogens (tertiary/aromatic N) is 3. The summed E-state index contributed by atoms with van der Waals surface area (Å²) < 4.78 is 10.3. The van der Waals surface area contributed by atoms with Crippen molar-refractivity contribution in [3.63, 3.8) is 0 Å². The average Bonchev–Trinajstić information content (AvgIpc) is 3.37. The van der Waals surface area contributed by atoms with E-state index in [1.807, 2.05) is 30.3 Å². The van der Waals surface area contributed by atoms with Gasteiger partial charge in [-0.05, 0) is 23.8 Å². The highest BCUT2D eigenvalue weighted by Gasteiger charge is 2.26. The second kappa shape index (κ2) is 9.25. The van der Waals surface area contributed by atoms with Crippen molar-refractivity contribution in [2.45, 2.75) is 0 Å². The van der Waals surface area contributed by atoms with Crippen molar-refractivity contribution in [2.75, 3.05) is 32.8 Å². The maximum atomic E-state index is 12.4. The maximum Gasteiger partial charge on any atom is 0.340 e. The van der Waals surface area contributed by atoms with Gasteiger partial charge in [0.15, 0.2) is 12.4 Å². The lowest BCUT2D eigenvalue weighted by atomic mass is 10.1. The van der Waals surface area contributed by atoms with Gasteiger partial charge >= 0.3 is 5.97 Å². The molecule has 0 saturated carbocycles. The van der Waals surface area contributed by atoms with Crippen molar-refractivity contribution in [3.8, 4) is 11.1 Å². The quantitative estimate of drug-likeness (QED) is 0.590. The Morgan fingerprint density at radius 1 is 0.903 bits per heavy atom. The second-order valence-electron chi connectivity index (χ2n) is 7.05. The van der Waals surface area contributed by atoms with Gasteiger partial charge in [-0.3, -0.25) is 14.6 Å². The Kier molecular flexibility index (Phi) is 6.07. The highest BCUT2D eigenvalue weighted by atomic mass is 16.5. The first kappa shape index (κ1) is 20.3. The number of ether oxygens (including phenoxy) is 1. The number of hydrogen-bond acceptors (Lipinski definition) is 6. The molecule has 0 N–H and O–H groups in total. The van der Waals surface area contributed by atoms with Crippen LogP contribution in [0.5, 0.6) is 0 Å². The number of pyridine rings is 1. The number of furan rings is 1. The Morgan fingerprint density at radius 3 is 2.35 bits per heavy atom. The van der Waals surface area contributed by atoms with Crippen LogP contribution in [-0.2, 0) is 9.53 Å². The van der Waals surface area contributed by atoms with Gasteiger partial charge in [-0.15, -0.1) is 0 Å². The van der Waals surface area contributed by atoms with Crippen molar-refractivity contribution in [1.29, 1.82) is 0 Å². The third-order valence-electron chi connectivity index (χ3n) is 5.06. The smallest absolute Gasteiger partial charge is 0.340 e. The monoisotopic (exact) mass is 419 g/mol. The molecule has 0 unspecified atom stereocenters. The number of piperazine rings is 1. The molecule has 0 radical (unpaired) electrons. The van der Waals surface area contributed by atoms with Crippen molar-refractivity contribution in [1.82, 2.24) is 14.8 Å². The van der Waals surface area contributed by atoms with E-state index in [2.05, 4.69) is 4.98 Å². The van der Waals surface area contributed by atoms with E-state index >= 15 is 0 Å². The van der Waals surface area contributed by atoms with E-state index in [-0.39, 0.29) is 29.7 Å². The number of amides is 2. The standard InChI is InChI=1S/C23H21N3O5/c27-21(25-8-10-26(11-9-25)22(28)20-7-4-12-30-20)16-31-23(29)19-13-18(14-24-15-19)17-5-2-1-3-6-17/h1-7,12-15H,8-11,16H2. The molecule has 1 fully saturated rings. The Morgan fingerprint density at radius 2 is 1.65 bits per heavy atom. The fraction of sp³-hybridized carbons (Fsp3) is 0.217. The topological polar surface area (TPSA) is 93.0 Å². The van der Waals surface area contributed by atoms with Crippen LogP contribution in [0, 0.1) is 0 Å². The molecule has 1 aliphatic rings. The second-order valence-corrected chi connectivity index (χ2v) is 7.05. The summed E-state index contributed by atoms with van der Waals surface area (Å²) in [5, 5.41) is 0. The van der Waals surface area contributed by atoms with Crippen LogP contribution in [0.2, 0.25) is 0 Å². The lowest BCUT2D eigenvalue weighted by Gasteiger charge is -2.34. The first-order chi connectivity index (χ1) is 15.1. The largest absolute Gasteiger partial charge is 0.459 e. The van der Waals surface area contributed by atoms with Gasteiger partial charge in [0.05, 0.1) is 11.8 Å². The summed E-state index contributed by atoms with van der Waals surface area (Å²) in [5.74, 6) is -0.828. The third kappa shape index (κ3) is 4.80. The molecule has 4 rings (SSSR count). The summed E-state index contributed by atoms with van der Waals surface area (Å²) in [7, 11) is 0. The van der Waals surface area contributed by atoms with Gasteiger partial charge in [0.2, 0.25) is 0 Å². The summed E-state index contributed by atoms with van der Waals surface area (Å²) in [6.45, 7) is 1.16. The minimum absolute atomic E-state index is 0.200. The number of carbonyl (C=O) groups excluding carboxylic acids is 3. The van der Waals surface area contributed by atoms with Gasteiger partial charge in [0, 0.05) is 44.1 Å². The van der Waals surface area contributed by atoms with Gasteiger partial charge in [-0.1, -0.05) is 30.3 Å². The van der Waals surface area contributed by atoms with Crippen LogP contribution in [-0.4, -0.2) is 65.4 Å². The third-order valence-corrected chi connectivity index (χ3v) is 5.06. The molecule has 31 heavy (non-hydrogen) atoms. The minimum atomic E-state index is -0.606. The molecule has 0 aliphatic carbocycles. The first-order valence-electron chi connectivity index (χ1n) is 9.90. The molecule has 3 aromatic rings. The Balaban J connectivity index is 1.28. The Labute approximate surface area is 179 Å². The average molecular weight is 419 g/mol. The fourth-order valence-corrected chi connectivity index (χ4v) is 3.36. The number of esters is 1. The predicted molar refractivity (Wildman–Crippen MR) is 111 cm³/mol. The predicted octanol–water partition coefficient (Wildman–Crippen LogP) is 2.48. The summed E-state index contributed by atoms with van der Waals surface area (Å²) in [6.07, 6.45) is 4.53. The Bertz CT molecular complexity index is 1060. The number of rotatable bonds is 5. The highest BCUT2D eigenvalue weighted by molar-refractivity contribution is 5.93. The molecule has 2 amide bonds. The SMILES string of the molecule is O=C(OCC(=O)N1CCN(C(=O)c2ccco2)CC1)c1cncc(-c2ccccc2)c1. The number of hydrogen-bond donors (Lipinski definition) is 0. The lowest BCUT2D eigenvalue weighted by molar-refractivity contribution is -0.136. The van der Waals surface area contributed by atoms with Gasteiger partial charge in [-0.2, -0.15) is 0 Å². The molecule has 8 heteroatoms. The van der Waals surface area contributed by atoms with E-state index in [0.717, 1.165) is 11.1 Å². The molecular weight excluding hydrogens is 398 g/mol. The van der Waals surface area contributed by atoms with Crippen LogP contribution < -0.4 is 0 Å². The van der Waals surface area contributed by atoms with Crippen molar-refractivity contribution >= 4 is 17.8 Å². The summed E-state index contributed by atoms with van der Waals surface area (Å²) in [4.78, 5) is 44.4. The minimum Gasteiger partial charge on any atom is -0.459 e. The van der Waals surface area contributed by atoms with Crippen LogP contribution in [0.15, 0.2) is 71.6 Å². The van der Waals surface area contributed by atoms with E-state index in [9.17, 15) is 14.4 Å². The van der Waals surface area contributed by atoms with Gasteiger partial charge in [0.25, 0.3) is 11.8 Å². The highest BCUT2D eigenvalue weighted by Crippen LogP contribution is 2.19. The van der Waals surface area contributed by atoms with Gasteiger partial charge in [-0.25, -0.2) is 4.79 Å². The summed E-state index contributed by atoms with van der Waals surface area (Å²) >= 11 is 0. The van der Waals surface area contributed by atoms with E-state index in [1.54, 1.807) is 34.2 Å². The van der Waals surface area contributed by atoms with E-state index in [4.69, 9.17) is 9.15 Å². The Hall–Kier alpha value is -3.94. The number of aromatic nitrogens is 1. The fourth-order valence-electron chi connectivity index (χ4n) is 3.36. The zero-order valence-corrected chi connectivity index (χ0v) is 16.8. The van der Waals surface area contributed by atoms with Crippen LogP contribution in [0.4, 0.5) is 0 Å². The number of carbonyl (C=O) groups is 3. The van der Waals surface area contributed by atoms with Gasteiger partial charge < -0.3 is 19.0 Å². The molecule has 3 heterocycles. The maximum absolute atomic E-state index is 12.4.